The van der Waals surface area contributed by atoms with E-state index in [1.165, 1.54) is 0 Å². The van der Waals surface area contributed by atoms with Crippen LogP contribution in [0.2, 0.25) is 0 Å². The standard InChI is InChI=1S/C8H6F3NO2/c1-14-8(13)6-4(7(10)11)2-12-3-5(6)9/h2-3,7H,1H3. The molecule has 0 fully saturated rings. The fourth-order valence-electron chi connectivity index (χ4n) is 0.933. The Morgan fingerprint density at radius 1 is 1.50 bits per heavy atom. The van der Waals surface area contributed by atoms with Gasteiger partial charge in [-0.2, -0.15) is 0 Å². The fraction of sp³-hybridized carbons (Fsp3) is 0.250. The van der Waals surface area contributed by atoms with Gasteiger partial charge < -0.3 is 4.74 Å². The monoisotopic (exact) mass is 205 g/mol. The summed E-state index contributed by atoms with van der Waals surface area (Å²) in [6.07, 6.45) is -1.55. The van der Waals surface area contributed by atoms with E-state index in [1.54, 1.807) is 0 Å². The van der Waals surface area contributed by atoms with E-state index in [4.69, 9.17) is 0 Å². The minimum atomic E-state index is -2.97. The Morgan fingerprint density at radius 2 is 2.14 bits per heavy atom. The molecular formula is C8H6F3NO2. The number of ether oxygens (including phenoxy) is 1. The molecule has 0 N–H and O–H groups in total. The number of esters is 1. The Balaban J connectivity index is 3.29. The van der Waals surface area contributed by atoms with E-state index in [0.717, 1.165) is 13.3 Å². The summed E-state index contributed by atoms with van der Waals surface area (Å²) in [5, 5.41) is 0. The Morgan fingerprint density at radius 3 is 2.64 bits per heavy atom. The first-order valence-electron chi connectivity index (χ1n) is 3.57. The number of halogens is 3. The highest BCUT2D eigenvalue weighted by atomic mass is 19.3. The largest absolute Gasteiger partial charge is 0.465 e. The summed E-state index contributed by atoms with van der Waals surface area (Å²) in [5.74, 6) is -2.25. The van der Waals surface area contributed by atoms with Crippen molar-refractivity contribution in [3.8, 4) is 0 Å². The van der Waals surface area contributed by atoms with Gasteiger partial charge in [-0.25, -0.2) is 18.0 Å². The second-order valence-electron chi connectivity index (χ2n) is 2.38. The lowest BCUT2D eigenvalue weighted by atomic mass is 10.1. The number of carbonyl (C=O) groups excluding carboxylic acids is 1. The van der Waals surface area contributed by atoms with Gasteiger partial charge in [0, 0.05) is 6.20 Å². The number of hydrogen-bond acceptors (Lipinski definition) is 3. The highest BCUT2D eigenvalue weighted by Crippen LogP contribution is 2.24. The molecule has 14 heavy (non-hydrogen) atoms. The molecule has 0 aliphatic carbocycles. The van der Waals surface area contributed by atoms with Gasteiger partial charge in [-0.3, -0.25) is 4.98 Å². The van der Waals surface area contributed by atoms with Crippen molar-refractivity contribution >= 4 is 5.97 Å². The first-order chi connectivity index (χ1) is 6.57. The van der Waals surface area contributed by atoms with Crippen LogP contribution in [0.15, 0.2) is 12.4 Å². The van der Waals surface area contributed by atoms with Crippen molar-refractivity contribution in [2.24, 2.45) is 0 Å². The van der Waals surface area contributed by atoms with E-state index < -0.39 is 29.3 Å². The van der Waals surface area contributed by atoms with Crippen LogP contribution in [0.5, 0.6) is 0 Å². The molecule has 0 aliphatic heterocycles. The van der Waals surface area contributed by atoms with Crippen molar-refractivity contribution in [3.63, 3.8) is 0 Å². The molecule has 1 heterocycles. The fourth-order valence-corrected chi connectivity index (χ4v) is 0.933. The van der Waals surface area contributed by atoms with Crippen LogP contribution in [0.4, 0.5) is 13.2 Å². The van der Waals surface area contributed by atoms with Crippen molar-refractivity contribution in [1.82, 2.24) is 4.98 Å². The van der Waals surface area contributed by atoms with Crippen molar-refractivity contribution in [1.29, 1.82) is 0 Å². The minimum Gasteiger partial charge on any atom is -0.465 e. The zero-order chi connectivity index (χ0) is 10.7. The van der Waals surface area contributed by atoms with E-state index in [9.17, 15) is 18.0 Å². The molecule has 3 nitrogen and oxygen atoms in total. The Bertz CT molecular complexity index is 354. The number of rotatable bonds is 2. The van der Waals surface area contributed by atoms with Gasteiger partial charge in [0.1, 0.15) is 5.56 Å². The topological polar surface area (TPSA) is 39.2 Å². The number of nitrogens with zero attached hydrogens (tertiary/aromatic N) is 1. The molecular weight excluding hydrogens is 199 g/mol. The van der Waals surface area contributed by atoms with Crippen LogP contribution in [-0.2, 0) is 4.74 Å². The van der Waals surface area contributed by atoms with Crippen molar-refractivity contribution < 1.29 is 22.7 Å². The average molecular weight is 205 g/mol. The third-order valence-corrected chi connectivity index (χ3v) is 1.55. The predicted molar refractivity (Wildman–Crippen MR) is 40.5 cm³/mol. The molecule has 0 aromatic carbocycles. The molecule has 0 saturated carbocycles. The number of alkyl halides is 2. The van der Waals surface area contributed by atoms with E-state index in [1.807, 2.05) is 0 Å². The van der Waals surface area contributed by atoms with Crippen LogP contribution in [0, 0.1) is 5.82 Å². The lowest BCUT2D eigenvalue weighted by Crippen LogP contribution is -2.09. The smallest absolute Gasteiger partial charge is 0.341 e. The molecule has 0 atom stereocenters. The summed E-state index contributed by atoms with van der Waals surface area (Å²) in [7, 11) is 0.984. The number of pyridine rings is 1. The SMILES string of the molecule is COC(=O)c1c(F)cncc1C(F)F. The van der Waals surface area contributed by atoms with Gasteiger partial charge in [-0.05, 0) is 0 Å². The van der Waals surface area contributed by atoms with Crippen LogP contribution in [0.25, 0.3) is 0 Å². The predicted octanol–water partition coefficient (Wildman–Crippen LogP) is 1.94. The lowest BCUT2D eigenvalue weighted by molar-refractivity contribution is 0.0582. The maximum atomic E-state index is 13.0. The van der Waals surface area contributed by atoms with Crippen LogP contribution < -0.4 is 0 Å². The molecule has 76 valence electrons. The number of aromatic nitrogens is 1. The summed E-state index contributed by atoms with van der Waals surface area (Å²) in [4.78, 5) is 14.2. The maximum Gasteiger partial charge on any atom is 0.341 e. The molecule has 0 bridgehead atoms. The van der Waals surface area contributed by atoms with E-state index in [-0.39, 0.29) is 0 Å². The molecule has 1 aromatic rings. The summed E-state index contributed by atoms with van der Waals surface area (Å²) in [6.45, 7) is 0. The number of carbonyl (C=O) groups is 1. The summed E-state index contributed by atoms with van der Waals surface area (Å²) in [5.41, 5.74) is -1.53. The van der Waals surface area contributed by atoms with Gasteiger partial charge in [0.15, 0.2) is 5.82 Å². The molecule has 0 aliphatic rings. The molecule has 1 aromatic heterocycles. The summed E-state index contributed by atoms with van der Waals surface area (Å²) < 4.78 is 41.7. The van der Waals surface area contributed by atoms with Gasteiger partial charge in [0.25, 0.3) is 6.43 Å². The second kappa shape index (κ2) is 4.08. The molecule has 0 spiro atoms. The molecule has 0 amide bonds. The third-order valence-electron chi connectivity index (χ3n) is 1.55. The normalized spacial score (nSPS) is 10.4. The molecule has 0 saturated heterocycles. The summed E-state index contributed by atoms with van der Waals surface area (Å²) >= 11 is 0. The molecule has 1 rings (SSSR count). The minimum absolute atomic E-state index is 0.679. The first-order valence-corrected chi connectivity index (χ1v) is 3.57. The highest BCUT2D eigenvalue weighted by Gasteiger charge is 2.23. The van der Waals surface area contributed by atoms with Crippen LogP contribution >= 0.6 is 0 Å². The number of hydrogen-bond donors (Lipinski definition) is 0. The number of methoxy groups -OCH3 is 1. The summed E-state index contributed by atoms with van der Waals surface area (Å²) in [6, 6.07) is 0. The quantitative estimate of drug-likeness (QED) is 0.692. The maximum absolute atomic E-state index is 13.0. The molecule has 0 unspecified atom stereocenters. The van der Waals surface area contributed by atoms with Crippen molar-refractivity contribution in [2.45, 2.75) is 6.43 Å². The van der Waals surface area contributed by atoms with E-state index in [2.05, 4.69) is 9.72 Å². The zero-order valence-electron chi connectivity index (χ0n) is 7.13. The van der Waals surface area contributed by atoms with Gasteiger partial charge in [-0.15, -0.1) is 0 Å². The van der Waals surface area contributed by atoms with Gasteiger partial charge in [0.05, 0.1) is 18.9 Å². The first kappa shape index (κ1) is 10.5. The van der Waals surface area contributed by atoms with E-state index >= 15 is 0 Å². The third kappa shape index (κ3) is 1.84. The molecule has 0 radical (unpaired) electrons. The van der Waals surface area contributed by atoms with Gasteiger partial charge in [0.2, 0.25) is 0 Å². The van der Waals surface area contributed by atoms with Crippen LogP contribution in [-0.4, -0.2) is 18.1 Å². The van der Waals surface area contributed by atoms with E-state index in [0.29, 0.717) is 6.20 Å². The second-order valence-corrected chi connectivity index (χ2v) is 2.38. The van der Waals surface area contributed by atoms with Crippen LogP contribution in [0.1, 0.15) is 22.3 Å². The Labute approximate surface area is 77.5 Å². The van der Waals surface area contributed by atoms with Crippen molar-refractivity contribution in [2.75, 3.05) is 7.11 Å². The van der Waals surface area contributed by atoms with Gasteiger partial charge >= 0.3 is 5.97 Å². The van der Waals surface area contributed by atoms with Crippen molar-refractivity contribution in [3.05, 3.63) is 29.3 Å². The zero-order valence-corrected chi connectivity index (χ0v) is 7.13. The lowest BCUT2D eigenvalue weighted by Gasteiger charge is -2.06. The highest BCUT2D eigenvalue weighted by molar-refractivity contribution is 5.91. The van der Waals surface area contributed by atoms with Gasteiger partial charge in [-0.1, -0.05) is 0 Å². The Kier molecular flexibility index (Phi) is 3.06. The molecule has 6 heteroatoms. The van der Waals surface area contributed by atoms with Crippen LogP contribution in [0.3, 0.4) is 0 Å². The Hall–Kier alpha value is -1.59. The average Bonchev–Trinajstić information content (AvgIpc) is 2.16.